The Balaban J connectivity index is 1.69. The van der Waals surface area contributed by atoms with Gasteiger partial charge in [0.2, 0.25) is 0 Å². The van der Waals surface area contributed by atoms with Crippen LogP contribution in [0, 0.1) is 12.7 Å². The lowest BCUT2D eigenvalue weighted by atomic mass is 10.1. The molecule has 10 heteroatoms. The third kappa shape index (κ3) is 4.41. The minimum absolute atomic E-state index is 0.0851. The molecule has 4 rings (SSSR count). The maximum atomic E-state index is 13.1. The number of pyridine rings is 1. The molecule has 0 unspecified atom stereocenters. The number of aromatic nitrogens is 4. The van der Waals surface area contributed by atoms with E-state index < -0.39 is 24.4 Å². The Bertz CT molecular complexity index is 1260. The average Bonchev–Trinajstić information content (AvgIpc) is 3.14. The summed E-state index contributed by atoms with van der Waals surface area (Å²) in [7, 11) is 0. The summed E-state index contributed by atoms with van der Waals surface area (Å²) in [6.07, 6.45) is 0.00278. The average molecular weight is 437 g/mol. The van der Waals surface area contributed by atoms with Gasteiger partial charge in [-0.3, -0.25) is 4.79 Å². The van der Waals surface area contributed by atoms with Gasteiger partial charge < -0.3 is 20.3 Å². The van der Waals surface area contributed by atoms with Crippen LogP contribution in [-0.2, 0) is 0 Å². The first-order chi connectivity index (χ1) is 15.5. The summed E-state index contributed by atoms with van der Waals surface area (Å²) < 4.78 is 20.1. The summed E-state index contributed by atoms with van der Waals surface area (Å²) in [4.78, 5) is 21.1. The number of benzene rings is 1. The highest BCUT2D eigenvalue weighted by Gasteiger charge is 2.20. The van der Waals surface area contributed by atoms with Gasteiger partial charge >= 0.3 is 0 Å². The second kappa shape index (κ2) is 9.08. The van der Waals surface area contributed by atoms with Gasteiger partial charge in [0.1, 0.15) is 30.1 Å². The standard InChI is InChI=1S/C22H20FN5O4/c1-13-21(22(31)26-19-8-6-14(23)10-24-19)28-20(25-13)9-7-17(27-28)16-4-2-3-5-18(16)32-12-15(30)11-29/h2-10,15,29-30H,11-12H2,1H3,(H,24,26,31)/t15-/m1/s1. The summed E-state index contributed by atoms with van der Waals surface area (Å²) in [5, 5.41) is 25.8. The topological polar surface area (TPSA) is 122 Å². The van der Waals surface area contributed by atoms with Crippen molar-refractivity contribution in [1.82, 2.24) is 19.6 Å². The van der Waals surface area contributed by atoms with Gasteiger partial charge in [0.15, 0.2) is 11.3 Å². The van der Waals surface area contributed by atoms with E-state index in [0.717, 1.165) is 6.20 Å². The lowest BCUT2D eigenvalue weighted by molar-refractivity contribution is 0.0538. The molecule has 0 saturated carbocycles. The molecular weight excluding hydrogens is 417 g/mol. The van der Waals surface area contributed by atoms with Gasteiger partial charge in [-0.25, -0.2) is 18.9 Å². The zero-order chi connectivity index (χ0) is 22.7. The number of hydrogen-bond acceptors (Lipinski definition) is 7. The first-order valence-corrected chi connectivity index (χ1v) is 9.76. The number of fused-ring (bicyclic) bond motifs is 1. The monoisotopic (exact) mass is 437 g/mol. The van der Waals surface area contributed by atoms with E-state index in [1.54, 1.807) is 37.3 Å². The van der Waals surface area contributed by atoms with E-state index in [9.17, 15) is 14.3 Å². The second-order valence-corrected chi connectivity index (χ2v) is 6.99. The number of aryl methyl sites for hydroxylation is 1. The number of nitrogens with one attached hydrogen (secondary N) is 1. The number of aliphatic hydroxyl groups is 2. The van der Waals surface area contributed by atoms with E-state index in [1.807, 2.05) is 6.07 Å². The van der Waals surface area contributed by atoms with Gasteiger partial charge in [-0.1, -0.05) is 12.1 Å². The fourth-order valence-corrected chi connectivity index (χ4v) is 3.12. The number of aliphatic hydroxyl groups excluding tert-OH is 2. The fourth-order valence-electron chi connectivity index (χ4n) is 3.12. The van der Waals surface area contributed by atoms with Crippen LogP contribution in [0.5, 0.6) is 5.75 Å². The van der Waals surface area contributed by atoms with Crippen LogP contribution in [0.2, 0.25) is 0 Å². The normalized spacial score (nSPS) is 12.0. The van der Waals surface area contributed by atoms with Gasteiger partial charge in [0.25, 0.3) is 5.91 Å². The summed E-state index contributed by atoms with van der Waals surface area (Å²) in [5.41, 5.74) is 2.29. The second-order valence-electron chi connectivity index (χ2n) is 6.99. The molecule has 164 valence electrons. The van der Waals surface area contributed by atoms with Crippen molar-refractivity contribution in [3.8, 4) is 17.0 Å². The van der Waals surface area contributed by atoms with E-state index in [0.29, 0.717) is 28.3 Å². The van der Waals surface area contributed by atoms with Crippen molar-refractivity contribution >= 4 is 17.4 Å². The van der Waals surface area contributed by atoms with Crippen LogP contribution in [0.3, 0.4) is 0 Å². The van der Waals surface area contributed by atoms with Gasteiger partial charge in [-0.05, 0) is 43.3 Å². The summed E-state index contributed by atoms with van der Waals surface area (Å²) in [6.45, 7) is 1.19. The third-order valence-electron chi connectivity index (χ3n) is 4.64. The molecular formula is C22H20FN5O4. The Morgan fingerprint density at radius 1 is 1.22 bits per heavy atom. The van der Waals surface area contributed by atoms with E-state index in [1.165, 1.54) is 16.6 Å². The SMILES string of the molecule is Cc1nc2ccc(-c3ccccc3OC[C@H](O)CO)nn2c1C(=O)Nc1ccc(F)cn1. The molecule has 1 amide bonds. The molecule has 0 fully saturated rings. The minimum Gasteiger partial charge on any atom is -0.490 e. The molecule has 4 aromatic rings. The smallest absolute Gasteiger partial charge is 0.277 e. The van der Waals surface area contributed by atoms with Crippen molar-refractivity contribution in [3.63, 3.8) is 0 Å². The zero-order valence-corrected chi connectivity index (χ0v) is 17.1. The number of carbonyl (C=O) groups is 1. The van der Waals surface area contributed by atoms with Crippen molar-refractivity contribution in [3.05, 3.63) is 71.9 Å². The fraction of sp³-hybridized carbons (Fsp3) is 0.182. The van der Waals surface area contributed by atoms with Gasteiger partial charge in [-0.15, -0.1) is 0 Å². The van der Waals surface area contributed by atoms with E-state index >= 15 is 0 Å². The van der Waals surface area contributed by atoms with E-state index in [4.69, 9.17) is 9.84 Å². The van der Waals surface area contributed by atoms with Crippen LogP contribution in [0.25, 0.3) is 16.9 Å². The van der Waals surface area contributed by atoms with Crippen LogP contribution in [0.15, 0.2) is 54.7 Å². The van der Waals surface area contributed by atoms with Gasteiger partial charge in [0, 0.05) is 5.56 Å². The molecule has 9 nitrogen and oxygen atoms in total. The largest absolute Gasteiger partial charge is 0.490 e. The van der Waals surface area contributed by atoms with E-state index in [2.05, 4.69) is 20.4 Å². The molecule has 0 aliphatic heterocycles. The summed E-state index contributed by atoms with van der Waals surface area (Å²) in [5.74, 6) is -0.338. The van der Waals surface area contributed by atoms with Crippen molar-refractivity contribution in [2.75, 3.05) is 18.5 Å². The Labute approximate surface area is 182 Å². The molecule has 0 spiro atoms. The number of halogens is 1. The molecule has 0 saturated heterocycles. The molecule has 1 atom stereocenters. The van der Waals surface area contributed by atoms with Crippen LogP contribution >= 0.6 is 0 Å². The number of ether oxygens (including phenoxy) is 1. The Morgan fingerprint density at radius 3 is 2.78 bits per heavy atom. The van der Waals surface area contributed by atoms with Crippen molar-refractivity contribution in [2.24, 2.45) is 0 Å². The van der Waals surface area contributed by atoms with Crippen LogP contribution in [0.4, 0.5) is 10.2 Å². The lowest BCUT2D eigenvalue weighted by Crippen LogP contribution is -2.21. The Morgan fingerprint density at radius 2 is 2.03 bits per heavy atom. The van der Waals surface area contributed by atoms with Crippen LogP contribution < -0.4 is 10.1 Å². The molecule has 0 bridgehead atoms. The highest BCUT2D eigenvalue weighted by atomic mass is 19.1. The summed E-state index contributed by atoms with van der Waals surface area (Å²) >= 11 is 0. The number of rotatable bonds is 7. The van der Waals surface area contributed by atoms with E-state index in [-0.39, 0.29) is 18.1 Å². The van der Waals surface area contributed by atoms with Crippen LogP contribution in [-0.4, -0.2) is 55.0 Å². The number of nitrogens with zero attached hydrogens (tertiary/aromatic N) is 4. The Hall–Kier alpha value is -3.89. The molecule has 0 aliphatic carbocycles. The first kappa shape index (κ1) is 21.3. The minimum atomic E-state index is -1.01. The molecule has 0 radical (unpaired) electrons. The molecule has 3 N–H and O–H groups in total. The number of para-hydroxylation sites is 1. The molecule has 3 heterocycles. The predicted molar refractivity (Wildman–Crippen MR) is 114 cm³/mol. The highest BCUT2D eigenvalue weighted by Crippen LogP contribution is 2.29. The Kier molecular flexibility index (Phi) is 6.06. The van der Waals surface area contributed by atoms with Gasteiger partial charge in [-0.2, -0.15) is 5.10 Å². The molecule has 32 heavy (non-hydrogen) atoms. The zero-order valence-electron chi connectivity index (χ0n) is 17.1. The van der Waals surface area contributed by atoms with Crippen molar-refractivity contribution < 1.29 is 24.1 Å². The summed E-state index contributed by atoms with van der Waals surface area (Å²) in [6, 6.07) is 13.1. The maximum absolute atomic E-state index is 13.1. The molecule has 3 aromatic heterocycles. The molecule has 1 aromatic carbocycles. The van der Waals surface area contributed by atoms with Gasteiger partial charge in [0.05, 0.1) is 24.2 Å². The lowest BCUT2D eigenvalue weighted by Gasteiger charge is -2.13. The first-order valence-electron chi connectivity index (χ1n) is 9.76. The maximum Gasteiger partial charge on any atom is 0.277 e. The number of hydrogen-bond donors (Lipinski definition) is 3. The number of anilines is 1. The highest BCUT2D eigenvalue weighted by molar-refractivity contribution is 6.03. The number of imidazole rings is 1. The predicted octanol–water partition coefficient (Wildman–Crippen LogP) is 2.22. The molecule has 0 aliphatic rings. The third-order valence-corrected chi connectivity index (χ3v) is 4.64. The number of amides is 1. The quantitative estimate of drug-likeness (QED) is 0.405. The van der Waals surface area contributed by atoms with Crippen LogP contribution in [0.1, 0.15) is 16.2 Å². The van der Waals surface area contributed by atoms with Crippen molar-refractivity contribution in [1.29, 1.82) is 0 Å². The number of carbonyl (C=O) groups excluding carboxylic acids is 1. The van der Waals surface area contributed by atoms with Crippen molar-refractivity contribution in [2.45, 2.75) is 13.0 Å².